The Morgan fingerprint density at radius 3 is 2.53 bits per heavy atom. The van der Waals surface area contributed by atoms with Crippen molar-refractivity contribution in [3.8, 4) is 0 Å². The molecule has 19 heavy (non-hydrogen) atoms. The number of hydrogen-bond donors (Lipinski definition) is 1. The molecule has 2 aromatic carbocycles. The number of H-pyrrole nitrogens is 1. The molecule has 0 aliphatic carbocycles. The summed E-state index contributed by atoms with van der Waals surface area (Å²) in [6.07, 6.45) is -0.250. The smallest absolute Gasteiger partial charge is 0.293 e. The first-order chi connectivity index (χ1) is 9.22. The third kappa shape index (κ3) is 1.78. The molecule has 96 valence electrons. The number of hydrogen-bond acceptors (Lipinski definition) is 2. The lowest BCUT2D eigenvalue weighted by Crippen LogP contribution is -1.98. The summed E-state index contributed by atoms with van der Waals surface area (Å²) in [5.41, 5.74) is 4.43. The summed E-state index contributed by atoms with van der Waals surface area (Å²) in [5.74, 6) is 0. The van der Waals surface area contributed by atoms with Gasteiger partial charge in [-0.25, -0.2) is 0 Å². The van der Waals surface area contributed by atoms with E-state index in [1.54, 1.807) is 0 Å². The molecule has 0 aliphatic rings. The second-order valence-corrected chi connectivity index (χ2v) is 4.77. The Morgan fingerprint density at radius 2 is 1.79 bits per heavy atom. The largest absolute Gasteiger partial charge is 0.460 e. The molecule has 1 heterocycles. The highest BCUT2D eigenvalue weighted by atomic mass is 16.5. The van der Waals surface area contributed by atoms with Gasteiger partial charge in [-0.3, -0.25) is 4.79 Å². The molecule has 3 aromatic rings. The van der Waals surface area contributed by atoms with Crippen LogP contribution in [0.25, 0.3) is 21.8 Å². The van der Waals surface area contributed by atoms with Crippen LogP contribution in [-0.4, -0.2) is 11.5 Å². The summed E-state index contributed by atoms with van der Waals surface area (Å²) in [6.45, 7) is 4.49. The van der Waals surface area contributed by atoms with Gasteiger partial charge >= 0.3 is 0 Å². The average Bonchev–Trinajstić information content (AvgIpc) is 2.78. The average molecular weight is 253 g/mol. The van der Waals surface area contributed by atoms with Gasteiger partial charge in [0.25, 0.3) is 6.47 Å². The Hall–Kier alpha value is -2.29. The lowest BCUT2D eigenvalue weighted by molar-refractivity contribution is -0.133. The Kier molecular flexibility index (Phi) is 2.75. The maximum atomic E-state index is 10.6. The summed E-state index contributed by atoms with van der Waals surface area (Å²) in [7, 11) is 0. The molecule has 0 aliphatic heterocycles. The van der Waals surface area contributed by atoms with E-state index < -0.39 is 0 Å². The molecule has 1 aromatic heterocycles. The van der Waals surface area contributed by atoms with Crippen LogP contribution in [0.3, 0.4) is 0 Å². The lowest BCUT2D eigenvalue weighted by atomic mass is 10.0. The fraction of sp³-hybridized carbons (Fsp3) is 0.188. The van der Waals surface area contributed by atoms with Crippen molar-refractivity contribution in [2.75, 3.05) is 0 Å². The predicted molar refractivity (Wildman–Crippen MR) is 76.1 cm³/mol. The standard InChI is InChI=1S/C16H15NO2/c1-10-5-3-7-13-15(10)16-12(11(2)19-9-18)6-4-8-14(16)17-13/h3-9,11,17H,1-2H3. The molecule has 1 N–H and O–H groups in total. The highest BCUT2D eigenvalue weighted by Crippen LogP contribution is 2.34. The Labute approximate surface area is 111 Å². The number of carbonyl (C=O) groups is 1. The number of carbonyl (C=O) groups excluding carboxylic acids is 1. The van der Waals surface area contributed by atoms with Crippen LogP contribution in [0.1, 0.15) is 24.2 Å². The van der Waals surface area contributed by atoms with Crippen LogP contribution < -0.4 is 0 Å². The molecule has 0 saturated heterocycles. The van der Waals surface area contributed by atoms with Crippen molar-refractivity contribution in [3.05, 3.63) is 47.5 Å². The van der Waals surface area contributed by atoms with Crippen LogP contribution in [0.5, 0.6) is 0 Å². The molecule has 0 fully saturated rings. The maximum Gasteiger partial charge on any atom is 0.293 e. The first-order valence-electron chi connectivity index (χ1n) is 6.31. The molecule has 3 heteroatoms. The molecule has 0 radical (unpaired) electrons. The summed E-state index contributed by atoms with van der Waals surface area (Å²) in [5, 5.41) is 2.35. The molecule has 3 rings (SSSR count). The van der Waals surface area contributed by atoms with E-state index in [2.05, 4.69) is 24.0 Å². The lowest BCUT2D eigenvalue weighted by Gasteiger charge is -2.11. The predicted octanol–water partition coefficient (Wildman–Crippen LogP) is 3.86. The van der Waals surface area contributed by atoms with Gasteiger partial charge < -0.3 is 9.72 Å². The number of ether oxygens (including phenoxy) is 1. The molecule has 0 spiro atoms. The van der Waals surface area contributed by atoms with Crippen LogP contribution in [0.2, 0.25) is 0 Å². The summed E-state index contributed by atoms with van der Waals surface area (Å²) in [4.78, 5) is 14.0. The zero-order chi connectivity index (χ0) is 13.4. The fourth-order valence-corrected chi connectivity index (χ4v) is 2.70. The highest BCUT2D eigenvalue weighted by Gasteiger charge is 2.15. The number of aromatic nitrogens is 1. The van der Waals surface area contributed by atoms with Gasteiger partial charge in [0.1, 0.15) is 6.10 Å². The second kappa shape index (κ2) is 4.43. The van der Waals surface area contributed by atoms with Gasteiger partial charge in [-0.1, -0.05) is 24.3 Å². The fourth-order valence-electron chi connectivity index (χ4n) is 2.70. The van der Waals surface area contributed by atoms with Crippen LogP contribution in [0, 0.1) is 6.92 Å². The van der Waals surface area contributed by atoms with Gasteiger partial charge in [0.2, 0.25) is 0 Å². The molecular formula is C16H15NO2. The van der Waals surface area contributed by atoms with Crippen molar-refractivity contribution in [2.45, 2.75) is 20.0 Å². The van der Waals surface area contributed by atoms with Gasteiger partial charge in [0.15, 0.2) is 0 Å². The van der Waals surface area contributed by atoms with E-state index in [1.165, 1.54) is 10.9 Å². The van der Waals surface area contributed by atoms with E-state index in [4.69, 9.17) is 4.74 Å². The zero-order valence-electron chi connectivity index (χ0n) is 10.9. The molecule has 1 unspecified atom stereocenters. The first kappa shape index (κ1) is 11.8. The van der Waals surface area contributed by atoms with Gasteiger partial charge in [0, 0.05) is 27.4 Å². The first-order valence-corrected chi connectivity index (χ1v) is 6.31. The van der Waals surface area contributed by atoms with Crippen LogP contribution in [0.4, 0.5) is 0 Å². The van der Waals surface area contributed by atoms with Crippen molar-refractivity contribution < 1.29 is 9.53 Å². The van der Waals surface area contributed by atoms with Crippen LogP contribution in [0.15, 0.2) is 36.4 Å². The molecule has 3 nitrogen and oxygen atoms in total. The van der Waals surface area contributed by atoms with Crippen molar-refractivity contribution >= 4 is 28.3 Å². The highest BCUT2D eigenvalue weighted by molar-refractivity contribution is 6.10. The van der Waals surface area contributed by atoms with E-state index in [9.17, 15) is 4.79 Å². The molecule has 0 bridgehead atoms. The van der Waals surface area contributed by atoms with E-state index in [1.807, 2.05) is 31.2 Å². The number of aromatic amines is 1. The molecular weight excluding hydrogens is 238 g/mol. The van der Waals surface area contributed by atoms with Crippen molar-refractivity contribution in [1.82, 2.24) is 4.98 Å². The molecule has 0 amide bonds. The number of fused-ring (bicyclic) bond motifs is 3. The Morgan fingerprint density at radius 1 is 1.11 bits per heavy atom. The van der Waals surface area contributed by atoms with Crippen LogP contribution >= 0.6 is 0 Å². The SMILES string of the molecule is Cc1cccc2[nH]c3cccc(C(C)OC=O)c3c12. The zero-order valence-corrected chi connectivity index (χ0v) is 10.9. The van der Waals surface area contributed by atoms with Gasteiger partial charge in [-0.2, -0.15) is 0 Å². The number of nitrogens with one attached hydrogen (secondary N) is 1. The number of benzene rings is 2. The van der Waals surface area contributed by atoms with Crippen LogP contribution in [-0.2, 0) is 9.53 Å². The van der Waals surface area contributed by atoms with Crippen molar-refractivity contribution in [1.29, 1.82) is 0 Å². The maximum absolute atomic E-state index is 10.6. The summed E-state index contributed by atoms with van der Waals surface area (Å²) >= 11 is 0. The molecule has 1 atom stereocenters. The summed E-state index contributed by atoms with van der Waals surface area (Å²) < 4.78 is 5.10. The van der Waals surface area contributed by atoms with E-state index >= 15 is 0 Å². The minimum atomic E-state index is -0.250. The Bertz CT molecular complexity index is 758. The molecule has 0 saturated carbocycles. The number of aryl methyl sites for hydroxylation is 1. The minimum absolute atomic E-state index is 0.250. The summed E-state index contributed by atoms with van der Waals surface area (Å²) in [6, 6.07) is 12.2. The van der Waals surface area contributed by atoms with Gasteiger partial charge in [0.05, 0.1) is 0 Å². The minimum Gasteiger partial charge on any atom is -0.460 e. The quantitative estimate of drug-likeness (QED) is 0.720. The topological polar surface area (TPSA) is 42.1 Å². The van der Waals surface area contributed by atoms with Crippen molar-refractivity contribution in [2.24, 2.45) is 0 Å². The van der Waals surface area contributed by atoms with E-state index in [-0.39, 0.29) is 6.10 Å². The van der Waals surface area contributed by atoms with Gasteiger partial charge in [-0.05, 0) is 31.5 Å². The van der Waals surface area contributed by atoms with Crippen molar-refractivity contribution in [3.63, 3.8) is 0 Å². The third-order valence-corrected chi connectivity index (χ3v) is 3.59. The third-order valence-electron chi connectivity index (χ3n) is 3.59. The Balaban J connectivity index is 2.40. The second-order valence-electron chi connectivity index (χ2n) is 4.77. The van der Waals surface area contributed by atoms with E-state index in [0.717, 1.165) is 22.0 Å². The number of rotatable bonds is 3. The monoisotopic (exact) mass is 253 g/mol. The normalized spacial score (nSPS) is 12.7. The van der Waals surface area contributed by atoms with E-state index in [0.29, 0.717) is 6.47 Å². The van der Waals surface area contributed by atoms with Gasteiger partial charge in [-0.15, -0.1) is 0 Å².